The summed E-state index contributed by atoms with van der Waals surface area (Å²) in [5.41, 5.74) is 1.44. The van der Waals surface area contributed by atoms with Crippen LogP contribution in [-0.4, -0.2) is 47.8 Å². The molecule has 0 aliphatic heterocycles. The van der Waals surface area contributed by atoms with Crippen LogP contribution in [0.4, 0.5) is 10.1 Å². The van der Waals surface area contributed by atoms with Crippen LogP contribution in [0.15, 0.2) is 42.9 Å². The van der Waals surface area contributed by atoms with Crippen LogP contribution < -0.4 is 14.8 Å². The zero-order valence-corrected chi connectivity index (χ0v) is 18.4. The monoisotopic (exact) mass is 444 g/mol. The highest BCUT2D eigenvalue weighted by molar-refractivity contribution is 6.31. The molecule has 0 bridgehead atoms. The van der Waals surface area contributed by atoms with Gasteiger partial charge in [-0.1, -0.05) is 11.6 Å². The van der Waals surface area contributed by atoms with Gasteiger partial charge in [-0.25, -0.2) is 14.4 Å². The Labute approximate surface area is 186 Å². The van der Waals surface area contributed by atoms with Crippen LogP contribution in [0.3, 0.4) is 0 Å². The van der Waals surface area contributed by atoms with Gasteiger partial charge in [0.15, 0.2) is 18.2 Å². The lowest BCUT2D eigenvalue weighted by atomic mass is 9.92. The van der Waals surface area contributed by atoms with Gasteiger partial charge in [0.2, 0.25) is 0 Å². The molecule has 31 heavy (non-hydrogen) atoms. The number of benzene rings is 2. The molecule has 0 spiro atoms. The van der Waals surface area contributed by atoms with Crippen molar-refractivity contribution in [2.24, 2.45) is 0 Å². The molecule has 4 rings (SSSR count). The molecular weight excluding hydrogens is 419 g/mol. The van der Waals surface area contributed by atoms with Crippen molar-refractivity contribution >= 4 is 28.2 Å². The van der Waals surface area contributed by atoms with Gasteiger partial charge in [-0.2, -0.15) is 0 Å². The Kier molecular flexibility index (Phi) is 6.73. The Bertz CT molecular complexity index is 1040. The van der Waals surface area contributed by atoms with Crippen LogP contribution in [0.1, 0.15) is 25.7 Å². The molecule has 1 heterocycles. The van der Waals surface area contributed by atoms with Crippen molar-refractivity contribution in [3.8, 4) is 11.5 Å². The van der Waals surface area contributed by atoms with Crippen LogP contribution in [-0.2, 0) is 0 Å². The Balaban J connectivity index is 1.47. The Morgan fingerprint density at radius 1 is 1.13 bits per heavy atom. The summed E-state index contributed by atoms with van der Waals surface area (Å²) in [6.45, 7) is 0.169. The molecule has 0 atom stereocenters. The van der Waals surface area contributed by atoms with Crippen molar-refractivity contribution in [3.63, 3.8) is 0 Å². The summed E-state index contributed by atoms with van der Waals surface area (Å²) in [6, 6.07) is 8.84. The average Bonchev–Trinajstić information content (AvgIpc) is 2.77. The Morgan fingerprint density at radius 2 is 1.94 bits per heavy atom. The van der Waals surface area contributed by atoms with Gasteiger partial charge in [0.1, 0.15) is 12.1 Å². The lowest BCUT2D eigenvalue weighted by Crippen LogP contribution is -2.35. The summed E-state index contributed by atoms with van der Waals surface area (Å²) >= 11 is 5.85. The van der Waals surface area contributed by atoms with Gasteiger partial charge in [-0.15, -0.1) is 0 Å². The van der Waals surface area contributed by atoms with Gasteiger partial charge in [0.25, 0.3) is 0 Å². The fourth-order valence-corrected chi connectivity index (χ4v) is 4.04. The Morgan fingerprint density at radius 3 is 2.68 bits per heavy atom. The second-order valence-corrected chi connectivity index (χ2v) is 8.39. The van der Waals surface area contributed by atoms with E-state index in [1.54, 1.807) is 12.3 Å². The number of aromatic nitrogens is 2. The molecule has 1 aliphatic rings. The van der Waals surface area contributed by atoms with E-state index in [2.05, 4.69) is 34.3 Å². The zero-order valence-electron chi connectivity index (χ0n) is 17.6. The fraction of sp³-hybridized carbons (Fsp3) is 0.391. The molecule has 1 aliphatic carbocycles. The molecule has 8 heteroatoms. The maximum absolute atomic E-state index is 13.4. The van der Waals surface area contributed by atoms with Gasteiger partial charge in [-0.3, -0.25) is 0 Å². The smallest absolute Gasteiger partial charge is 0.166 e. The van der Waals surface area contributed by atoms with E-state index in [1.165, 1.54) is 18.5 Å². The molecule has 6 nitrogen and oxygen atoms in total. The van der Waals surface area contributed by atoms with Crippen molar-refractivity contribution in [2.75, 3.05) is 26.1 Å². The number of hydrogen-bond acceptors (Lipinski definition) is 6. The summed E-state index contributed by atoms with van der Waals surface area (Å²) in [5, 5.41) is 4.04. The van der Waals surface area contributed by atoms with Gasteiger partial charge < -0.3 is 19.7 Å². The minimum atomic E-state index is -0.456. The molecule has 1 fully saturated rings. The first-order chi connectivity index (χ1) is 15.0. The normalized spacial score (nSPS) is 18.9. The summed E-state index contributed by atoms with van der Waals surface area (Å²) in [6.07, 6.45) is 7.63. The minimum absolute atomic E-state index is 0.0600. The minimum Gasteiger partial charge on any atom is -0.487 e. The number of nitrogens with one attached hydrogen (secondary N) is 1. The molecule has 2 aromatic carbocycles. The molecule has 1 saturated carbocycles. The molecule has 1 N–H and O–H groups in total. The molecule has 164 valence electrons. The van der Waals surface area contributed by atoms with Crippen LogP contribution in [0.2, 0.25) is 5.02 Å². The fourth-order valence-electron chi connectivity index (χ4n) is 3.86. The van der Waals surface area contributed by atoms with E-state index >= 15 is 0 Å². The standard InChI is InChI=1S/C23H26ClFN4O2/c1-29(2)17-4-6-18(7-5-17)31-23-9-15-12-26-13-27-21(15)11-22(23)30-14-28-16-3-8-20(25)19(24)10-16/h3,8-13,17-18,28H,4-7,14H2,1-2H3/t17-,18-. The molecular formula is C23H26ClFN4O2. The largest absolute Gasteiger partial charge is 0.487 e. The topological polar surface area (TPSA) is 59.5 Å². The first-order valence-electron chi connectivity index (χ1n) is 10.4. The number of hydrogen-bond donors (Lipinski definition) is 1. The van der Waals surface area contributed by atoms with E-state index in [9.17, 15) is 4.39 Å². The summed E-state index contributed by atoms with van der Waals surface area (Å²) in [4.78, 5) is 10.7. The van der Waals surface area contributed by atoms with Crippen molar-refractivity contribution in [2.45, 2.75) is 37.8 Å². The van der Waals surface area contributed by atoms with Crippen molar-refractivity contribution in [1.29, 1.82) is 0 Å². The SMILES string of the molecule is CN(C)[C@H]1CC[C@H](Oc2cc3cncnc3cc2OCNc2ccc(F)c(Cl)c2)CC1. The third-order valence-electron chi connectivity index (χ3n) is 5.66. The van der Waals surface area contributed by atoms with Crippen LogP contribution >= 0.6 is 11.6 Å². The highest BCUT2D eigenvalue weighted by Crippen LogP contribution is 2.35. The summed E-state index contributed by atoms with van der Waals surface area (Å²) in [7, 11) is 4.25. The molecule has 0 radical (unpaired) electrons. The number of anilines is 1. The van der Waals surface area contributed by atoms with Gasteiger partial charge in [-0.05, 0) is 64.0 Å². The number of rotatable bonds is 7. The molecule has 3 aromatic rings. The van der Waals surface area contributed by atoms with Crippen LogP contribution in [0.5, 0.6) is 11.5 Å². The quantitative estimate of drug-likeness (QED) is 0.510. The first kappa shape index (κ1) is 21.6. The predicted octanol–water partition coefficient (Wildman–Crippen LogP) is 5.12. The number of nitrogens with zero attached hydrogens (tertiary/aromatic N) is 3. The van der Waals surface area contributed by atoms with Crippen LogP contribution in [0.25, 0.3) is 10.9 Å². The highest BCUT2D eigenvalue weighted by atomic mass is 35.5. The second-order valence-electron chi connectivity index (χ2n) is 7.99. The van der Waals surface area contributed by atoms with Crippen molar-refractivity contribution < 1.29 is 13.9 Å². The lowest BCUT2D eigenvalue weighted by molar-refractivity contribution is 0.108. The summed E-state index contributed by atoms with van der Waals surface area (Å²) < 4.78 is 25.7. The van der Waals surface area contributed by atoms with Gasteiger partial charge in [0.05, 0.1) is 16.6 Å². The van der Waals surface area contributed by atoms with E-state index < -0.39 is 5.82 Å². The van der Waals surface area contributed by atoms with E-state index in [0.717, 1.165) is 36.6 Å². The van der Waals surface area contributed by atoms with Crippen molar-refractivity contribution in [3.05, 3.63) is 53.7 Å². The summed E-state index contributed by atoms with van der Waals surface area (Å²) in [5.74, 6) is 0.818. The van der Waals surface area contributed by atoms with E-state index in [1.807, 2.05) is 12.1 Å². The maximum atomic E-state index is 13.4. The first-order valence-corrected chi connectivity index (χ1v) is 10.8. The number of fused-ring (bicyclic) bond motifs is 1. The Hall–Kier alpha value is -2.64. The zero-order chi connectivity index (χ0) is 21.8. The molecule has 0 saturated heterocycles. The molecule has 1 aromatic heterocycles. The predicted molar refractivity (Wildman–Crippen MR) is 120 cm³/mol. The van der Waals surface area contributed by atoms with Gasteiger partial charge >= 0.3 is 0 Å². The number of ether oxygens (including phenoxy) is 2. The van der Waals surface area contributed by atoms with Crippen LogP contribution in [0, 0.1) is 5.82 Å². The van der Waals surface area contributed by atoms with E-state index in [0.29, 0.717) is 23.2 Å². The lowest BCUT2D eigenvalue weighted by Gasteiger charge is -2.33. The maximum Gasteiger partial charge on any atom is 0.166 e. The molecule has 0 unspecified atom stereocenters. The van der Waals surface area contributed by atoms with Gasteiger partial charge in [0, 0.05) is 29.4 Å². The van der Waals surface area contributed by atoms with E-state index in [4.69, 9.17) is 21.1 Å². The second kappa shape index (κ2) is 9.66. The third-order valence-corrected chi connectivity index (χ3v) is 5.95. The van der Waals surface area contributed by atoms with E-state index in [-0.39, 0.29) is 17.9 Å². The number of halogens is 2. The average molecular weight is 445 g/mol. The van der Waals surface area contributed by atoms with Crippen molar-refractivity contribution in [1.82, 2.24) is 14.9 Å². The molecule has 0 amide bonds. The highest BCUT2D eigenvalue weighted by Gasteiger charge is 2.24. The third kappa shape index (κ3) is 5.35.